The molecule has 176 valence electrons. The summed E-state index contributed by atoms with van der Waals surface area (Å²) in [5, 5.41) is 2.35. The van der Waals surface area contributed by atoms with E-state index in [1.54, 1.807) is 19.4 Å². The number of hydrogen-bond acceptors (Lipinski definition) is 5. The van der Waals surface area contributed by atoms with Crippen LogP contribution in [-0.4, -0.2) is 56.1 Å². The van der Waals surface area contributed by atoms with Gasteiger partial charge in [-0.3, -0.25) is 4.79 Å². The zero-order valence-electron chi connectivity index (χ0n) is 18.3. The first kappa shape index (κ1) is 22.6. The van der Waals surface area contributed by atoms with Crippen molar-refractivity contribution in [3.63, 3.8) is 0 Å². The number of pyridine rings is 1. The molecule has 0 bridgehead atoms. The lowest BCUT2D eigenvalue weighted by Gasteiger charge is -2.41. The number of urea groups is 1. The number of anilines is 2. The summed E-state index contributed by atoms with van der Waals surface area (Å²) in [6.07, 6.45) is 0.794. The molecule has 1 aliphatic heterocycles. The first-order valence-corrected chi connectivity index (χ1v) is 10.4. The van der Waals surface area contributed by atoms with Gasteiger partial charge in [-0.1, -0.05) is 0 Å². The third-order valence-electron chi connectivity index (χ3n) is 6.01. The van der Waals surface area contributed by atoms with Crippen molar-refractivity contribution in [2.75, 3.05) is 23.8 Å². The highest BCUT2D eigenvalue weighted by molar-refractivity contribution is 5.89. The van der Waals surface area contributed by atoms with Crippen molar-refractivity contribution in [3.8, 4) is 0 Å². The summed E-state index contributed by atoms with van der Waals surface area (Å²) in [6, 6.07) is 1.76. The Bertz CT molecular complexity index is 1240. The maximum Gasteiger partial charge on any atom is 0.417 e. The van der Waals surface area contributed by atoms with Crippen LogP contribution in [0, 0.1) is 0 Å². The Balaban J connectivity index is 1.45. The number of fused-ring (bicyclic) bond motifs is 1. The van der Waals surface area contributed by atoms with E-state index in [1.165, 1.54) is 11.9 Å². The fraction of sp³-hybridized carbons (Fsp3) is 0.429. The number of nitrogens with zero attached hydrogens (tertiary/aromatic N) is 5. The fourth-order valence-corrected chi connectivity index (χ4v) is 4.12. The molecule has 1 aliphatic rings. The topological polar surface area (TPSA) is 99.1 Å². The molecule has 12 heteroatoms. The first-order chi connectivity index (χ1) is 15.5. The third-order valence-corrected chi connectivity index (χ3v) is 6.01. The van der Waals surface area contributed by atoms with Gasteiger partial charge in [-0.25, -0.2) is 14.8 Å². The number of H-pyrrole nitrogens is 1. The molecule has 3 aromatic rings. The number of hydrogen-bond donors (Lipinski definition) is 2. The van der Waals surface area contributed by atoms with Gasteiger partial charge in [0, 0.05) is 45.1 Å². The van der Waals surface area contributed by atoms with Gasteiger partial charge in [0.05, 0.1) is 11.8 Å². The largest absolute Gasteiger partial charge is 0.417 e. The summed E-state index contributed by atoms with van der Waals surface area (Å²) in [7, 11) is 2.79. The lowest BCUT2D eigenvalue weighted by atomic mass is 9.97. The number of rotatable bonds is 3. The molecule has 4 rings (SSSR count). The van der Waals surface area contributed by atoms with Crippen molar-refractivity contribution >= 4 is 28.7 Å². The number of alkyl halides is 3. The van der Waals surface area contributed by atoms with E-state index < -0.39 is 29.0 Å². The van der Waals surface area contributed by atoms with Crippen LogP contribution in [-0.2, 0) is 13.2 Å². The van der Waals surface area contributed by atoms with E-state index >= 15 is 0 Å². The molecule has 0 unspecified atom stereocenters. The van der Waals surface area contributed by atoms with Crippen molar-refractivity contribution in [2.24, 2.45) is 7.05 Å². The second-order valence-corrected chi connectivity index (χ2v) is 8.26. The SMILES string of the molecule is C[C@@H]1C[C@@H](N(C)C(=O)Nc2cc(C(F)(F)F)cn(C)c2=O)CCN1c1cnc2[nH]ccc2n1. The average Bonchev–Trinajstić information content (AvgIpc) is 3.23. The molecule has 0 saturated carbocycles. The van der Waals surface area contributed by atoms with E-state index in [-0.39, 0.29) is 12.1 Å². The number of nitrogens with one attached hydrogen (secondary N) is 2. The quantitative estimate of drug-likeness (QED) is 0.622. The Hall–Kier alpha value is -3.57. The van der Waals surface area contributed by atoms with Gasteiger partial charge in [-0.15, -0.1) is 0 Å². The first-order valence-electron chi connectivity index (χ1n) is 10.4. The number of aryl methyl sites for hydroxylation is 1. The van der Waals surface area contributed by atoms with Crippen LogP contribution in [0.2, 0.25) is 0 Å². The summed E-state index contributed by atoms with van der Waals surface area (Å²) in [6.45, 7) is 2.64. The summed E-state index contributed by atoms with van der Waals surface area (Å²) >= 11 is 0. The zero-order valence-corrected chi connectivity index (χ0v) is 18.3. The van der Waals surface area contributed by atoms with Gasteiger partial charge in [-0.2, -0.15) is 13.2 Å². The Kier molecular flexibility index (Phi) is 5.76. The van der Waals surface area contributed by atoms with E-state index in [9.17, 15) is 22.8 Å². The van der Waals surface area contributed by atoms with E-state index in [1.807, 2.05) is 13.0 Å². The molecule has 3 aromatic heterocycles. The molecule has 0 spiro atoms. The molecule has 1 fully saturated rings. The van der Waals surface area contributed by atoms with Gasteiger partial charge >= 0.3 is 12.2 Å². The Morgan fingerprint density at radius 3 is 2.82 bits per heavy atom. The number of halogens is 3. The van der Waals surface area contributed by atoms with Gasteiger partial charge < -0.3 is 24.7 Å². The molecule has 4 heterocycles. The minimum atomic E-state index is -4.63. The summed E-state index contributed by atoms with van der Waals surface area (Å²) in [5.74, 6) is 0.743. The Morgan fingerprint density at radius 1 is 1.36 bits per heavy atom. The number of aromatic nitrogens is 4. The van der Waals surface area contributed by atoms with Crippen LogP contribution >= 0.6 is 0 Å². The van der Waals surface area contributed by atoms with Crippen molar-refractivity contribution in [3.05, 3.63) is 46.6 Å². The lowest BCUT2D eigenvalue weighted by molar-refractivity contribution is -0.138. The molecule has 33 heavy (non-hydrogen) atoms. The molecule has 0 radical (unpaired) electrons. The Morgan fingerprint density at radius 2 is 2.12 bits per heavy atom. The van der Waals surface area contributed by atoms with Crippen molar-refractivity contribution in [1.29, 1.82) is 0 Å². The normalized spacial score (nSPS) is 19.0. The van der Waals surface area contributed by atoms with E-state index in [0.717, 1.165) is 15.9 Å². The predicted octanol–water partition coefficient (Wildman–Crippen LogP) is 3.20. The monoisotopic (exact) mass is 463 g/mol. The van der Waals surface area contributed by atoms with Crippen LogP contribution in [0.4, 0.5) is 29.5 Å². The van der Waals surface area contributed by atoms with Crippen molar-refractivity contribution in [1.82, 2.24) is 24.4 Å². The van der Waals surface area contributed by atoms with Gasteiger partial charge in [0.2, 0.25) is 0 Å². The maximum absolute atomic E-state index is 13.1. The maximum atomic E-state index is 13.1. The number of piperidine rings is 1. The van der Waals surface area contributed by atoms with E-state index in [2.05, 4.69) is 25.2 Å². The fourth-order valence-electron chi connectivity index (χ4n) is 4.12. The third kappa shape index (κ3) is 4.50. The molecule has 9 nitrogen and oxygen atoms in total. The highest BCUT2D eigenvalue weighted by atomic mass is 19.4. The van der Waals surface area contributed by atoms with Gasteiger partial charge in [0.25, 0.3) is 5.56 Å². The lowest BCUT2D eigenvalue weighted by Crippen LogP contribution is -2.51. The summed E-state index contributed by atoms with van der Waals surface area (Å²) < 4.78 is 40.1. The predicted molar refractivity (Wildman–Crippen MR) is 117 cm³/mol. The van der Waals surface area contributed by atoms with Crippen LogP contribution in [0.15, 0.2) is 35.5 Å². The summed E-state index contributed by atoms with van der Waals surface area (Å²) in [4.78, 5) is 40.6. The molecular weight excluding hydrogens is 439 g/mol. The second-order valence-electron chi connectivity index (χ2n) is 8.26. The molecule has 2 amide bonds. The van der Waals surface area contributed by atoms with Crippen LogP contribution in [0.25, 0.3) is 11.2 Å². The highest BCUT2D eigenvalue weighted by Crippen LogP contribution is 2.30. The van der Waals surface area contributed by atoms with Crippen molar-refractivity contribution < 1.29 is 18.0 Å². The summed E-state index contributed by atoms with van der Waals surface area (Å²) in [5.41, 5.74) is -0.666. The van der Waals surface area contributed by atoms with Crippen LogP contribution < -0.4 is 15.8 Å². The molecular formula is C21H24F3N7O2. The van der Waals surface area contributed by atoms with E-state index in [4.69, 9.17) is 0 Å². The standard InChI is InChI=1S/C21H24F3N7O2/c1-12-8-14(5-7-31(12)17-10-26-18-15(27-17)4-6-25-18)30(3)20(33)28-16-9-13(21(22,23)24)11-29(2)19(16)32/h4,6,9-12,14H,5,7-8H2,1-3H3,(H,25,26)(H,28,33)/t12-,14+/m1/s1. The van der Waals surface area contributed by atoms with Crippen LogP contribution in [0.3, 0.4) is 0 Å². The van der Waals surface area contributed by atoms with Crippen LogP contribution in [0.5, 0.6) is 0 Å². The number of carbonyl (C=O) groups excluding carboxylic acids is 1. The number of carbonyl (C=O) groups is 1. The van der Waals surface area contributed by atoms with E-state index in [0.29, 0.717) is 37.3 Å². The van der Waals surface area contributed by atoms with Gasteiger partial charge in [-0.05, 0) is 31.9 Å². The van der Waals surface area contributed by atoms with Gasteiger partial charge in [0.15, 0.2) is 5.65 Å². The highest BCUT2D eigenvalue weighted by Gasteiger charge is 2.33. The molecule has 0 aromatic carbocycles. The molecule has 1 saturated heterocycles. The molecule has 2 N–H and O–H groups in total. The van der Waals surface area contributed by atoms with Crippen LogP contribution in [0.1, 0.15) is 25.3 Å². The number of aromatic amines is 1. The smallest absolute Gasteiger partial charge is 0.352 e. The average molecular weight is 463 g/mol. The molecule has 2 atom stereocenters. The second kappa shape index (κ2) is 8.41. The minimum Gasteiger partial charge on any atom is -0.352 e. The number of amides is 2. The minimum absolute atomic E-state index is 0.0473. The Labute approximate surface area is 187 Å². The van der Waals surface area contributed by atoms with Gasteiger partial charge in [0.1, 0.15) is 17.0 Å². The zero-order chi connectivity index (χ0) is 23.9. The van der Waals surface area contributed by atoms with Crippen molar-refractivity contribution in [2.45, 2.75) is 38.0 Å². The molecule has 0 aliphatic carbocycles.